The van der Waals surface area contributed by atoms with Gasteiger partial charge in [0.05, 0.1) is 7.11 Å². The number of ketones is 1. The molecular formula is C15H18O2. The van der Waals surface area contributed by atoms with Crippen LogP contribution >= 0.6 is 0 Å². The van der Waals surface area contributed by atoms with Crippen molar-refractivity contribution in [1.29, 1.82) is 0 Å². The zero-order valence-corrected chi connectivity index (χ0v) is 10.2. The first kappa shape index (κ1) is 11.9. The third kappa shape index (κ3) is 3.19. The number of carbonyl (C=O) groups is 1. The predicted molar refractivity (Wildman–Crippen MR) is 68.5 cm³/mol. The van der Waals surface area contributed by atoms with E-state index >= 15 is 0 Å². The second kappa shape index (κ2) is 5.67. The summed E-state index contributed by atoms with van der Waals surface area (Å²) in [6, 6.07) is 7.29. The highest BCUT2D eigenvalue weighted by Crippen LogP contribution is 2.23. The third-order valence-electron chi connectivity index (χ3n) is 3.21. The van der Waals surface area contributed by atoms with Gasteiger partial charge in [0.25, 0.3) is 0 Å². The van der Waals surface area contributed by atoms with Crippen LogP contribution in [0.25, 0.3) is 0 Å². The van der Waals surface area contributed by atoms with Crippen molar-refractivity contribution in [3.05, 3.63) is 41.5 Å². The molecule has 0 N–H and O–H groups in total. The Labute approximate surface area is 102 Å². The summed E-state index contributed by atoms with van der Waals surface area (Å²) in [5.41, 5.74) is 2.04. The van der Waals surface area contributed by atoms with Gasteiger partial charge in [-0.1, -0.05) is 12.0 Å². The largest absolute Gasteiger partial charge is 0.497 e. The Morgan fingerprint density at radius 2 is 1.76 bits per heavy atom. The van der Waals surface area contributed by atoms with E-state index in [1.165, 1.54) is 24.8 Å². The molecule has 0 aromatic heterocycles. The van der Waals surface area contributed by atoms with E-state index in [0.717, 1.165) is 24.2 Å². The molecule has 0 spiro atoms. The molecule has 0 unspecified atom stereocenters. The van der Waals surface area contributed by atoms with Crippen LogP contribution in [0.1, 0.15) is 42.5 Å². The summed E-state index contributed by atoms with van der Waals surface area (Å²) >= 11 is 0. The monoisotopic (exact) mass is 230 g/mol. The molecule has 0 heterocycles. The molecule has 1 fully saturated rings. The van der Waals surface area contributed by atoms with Crippen LogP contribution in [-0.2, 0) is 0 Å². The molecule has 0 saturated heterocycles. The summed E-state index contributed by atoms with van der Waals surface area (Å²) in [6.07, 6.45) is 7.74. The molecule has 1 aromatic carbocycles. The molecule has 0 amide bonds. The summed E-state index contributed by atoms with van der Waals surface area (Å²) in [6.45, 7) is 0. The van der Waals surface area contributed by atoms with Gasteiger partial charge in [-0.05, 0) is 56.0 Å². The molecule has 2 heteroatoms. The lowest BCUT2D eigenvalue weighted by atomic mass is 9.93. The van der Waals surface area contributed by atoms with Crippen LogP contribution in [0.3, 0.4) is 0 Å². The number of benzene rings is 1. The van der Waals surface area contributed by atoms with Crippen molar-refractivity contribution in [3.8, 4) is 5.75 Å². The molecule has 0 radical (unpaired) electrons. The van der Waals surface area contributed by atoms with Crippen LogP contribution < -0.4 is 4.74 Å². The maximum atomic E-state index is 12.0. The van der Waals surface area contributed by atoms with Crippen molar-refractivity contribution in [2.24, 2.45) is 0 Å². The van der Waals surface area contributed by atoms with Gasteiger partial charge in [-0.25, -0.2) is 0 Å². The first-order chi connectivity index (χ1) is 8.29. The van der Waals surface area contributed by atoms with E-state index in [0.29, 0.717) is 0 Å². The highest BCUT2D eigenvalue weighted by atomic mass is 16.5. The quantitative estimate of drug-likeness (QED) is 0.583. The number of rotatable bonds is 3. The van der Waals surface area contributed by atoms with E-state index in [1.807, 2.05) is 30.3 Å². The van der Waals surface area contributed by atoms with E-state index in [2.05, 4.69) is 0 Å². The average molecular weight is 230 g/mol. The van der Waals surface area contributed by atoms with Crippen LogP contribution in [0.2, 0.25) is 0 Å². The Balaban J connectivity index is 2.07. The van der Waals surface area contributed by atoms with Crippen LogP contribution in [-0.4, -0.2) is 12.9 Å². The van der Waals surface area contributed by atoms with Gasteiger partial charge in [0.2, 0.25) is 0 Å². The highest BCUT2D eigenvalue weighted by molar-refractivity contribution is 6.04. The van der Waals surface area contributed by atoms with Gasteiger partial charge in [-0.3, -0.25) is 4.79 Å². The number of ether oxygens (including phenoxy) is 1. The van der Waals surface area contributed by atoms with E-state index < -0.39 is 0 Å². The van der Waals surface area contributed by atoms with Gasteiger partial charge in [-0.15, -0.1) is 0 Å². The van der Waals surface area contributed by atoms with E-state index in [4.69, 9.17) is 4.74 Å². The molecule has 2 nitrogen and oxygen atoms in total. The minimum Gasteiger partial charge on any atom is -0.497 e. The van der Waals surface area contributed by atoms with Gasteiger partial charge in [-0.2, -0.15) is 0 Å². The van der Waals surface area contributed by atoms with Crippen molar-refractivity contribution in [3.63, 3.8) is 0 Å². The SMILES string of the molecule is COc1ccc(C(=O)C=C2CCCCC2)cc1. The Morgan fingerprint density at radius 3 is 2.35 bits per heavy atom. The van der Waals surface area contributed by atoms with Crippen molar-refractivity contribution < 1.29 is 9.53 Å². The number of carbonyl (C=O) groups excluding carboxylic acids is 1. The molecule has 0 atom stereocenters. The van der Waals surface area contributed by atoms with Crippen molar-refractivity contribution in [2.75, 3.05) is 7.11 Å². The fraction of sp³-hybridized carbons (Fsp3) is 0.400. The summed E-state index contributed by atoms with van der Waals surface area (Å²) in [5, 5.41) is 0. The van der Waals surface area contributed by atoms with Gasteiger partial charge < -0.3 is 4.74 Å². The number of hydrogen-bond acceptors (Lipinski definition) is 2. The van der Waals surface area contributed by atoms with Crippen LogP contribution in [0, 0.1) is 0 Å². The molecule has 0 aliphatic heterocycles. The van der Waals surface area contributed by atoms with Gasteiger partial charge in [0.15, 0.2) is 5.78 Å². The van der Waals surface area contributed by atoms with E-state index in [-0.39, 0.29) is 5.78 Å². The van der Waals surface area contributed by atoms with Gasteiger partial charge >= 0.3 is 0 Å². The molecule has 2 rings (SSSR count). The van der Waals surface area contributed by atoms with Gasteiger partial charge in [0.1, 0.15) is 5.75 Å². The first-order valence-electron chi connectivity index (χ1n) is 6.17. The summed E-state index contributed by atoms with van der Waals surface area (Å²) in [4.78, 5) is 12.0. The molecule has 17 heavy (non-hydrogen) atoms. The molecule has 0 bridgehead atoms. The number of methoxy groups -OCH3 is 1. The van der Waals surface area contributed by atoms with Gasteiger partial charge in [0, 0.05) is 5.56 Å². The fourth-order valence-corrected chi connectivity index (χ4v) is 2.17. The summed E-state index contributed by atoms with van der Waals surface area (Å²) in [5.74, 6) is 0.899. The fourth-order valence-electron chi connectivity index (χ4n) is 2.17. The maximum Gasteiger partial charge on any atom is 0.185 e. The second-order valence-electron chi connectivity index (χ2n) is 4.46. The average Bonchev–Trinajstić information content (AvgIpc) is 2.40. The molecule has 1 saturated carbocycles. The van der Waals surface area contributed by atoms with Crippen molar-refractivity contribution >= 4 is 5.78 Å². The number of hydrogen-bond donors (Lipinski definition) is 0. The maximum absolute atomic E-state index is 12.0. The van der Waals surface area contributed by atoms with E-state index in [1.54, 1.807) is 7.11 Å². The van der Waals surface area contributed by atoms with Crippen LogP contribution in [0.4, 0.5) is 0 Å². The molecule has 1 aliphatic rings. The first-order valence-corrected chi connectivity index (χ1v) is 6.17. The molecule has 90 valence electrons. The normalized spacial score (nSPS) is 15.5. The molecule has 1 aromatic rings. The zero-order valence-electron chi connectivity index (χ0n) is 10.2. The van der Waals surface area contributed by atoms with Crippen LogP contribution in [0.5, 0.6) is 5.75 Å². The zero-order chi connectivity index (χ0) is 12.1. The lowest BCUT2D eigenvalue weighted by Crippen LogP contribution is -2.00. The topological polar surface area (TPSA) is 26.3 Å². The minimum absolute atomic E-state index is 0.115. The van der Waals surface area contributed by atoms with Crippen molar-refractivity contribution in [2.45, 2.75) is 32.1 Å². The number of allylic oxidation sites excluding steroid dienone is 2. The Hall–Kier alpha value is -1.57. The predicted octanol–water partition coefficient (Wildman–Crippen LogP) is 3.77. The lowest BCUT2D eigenvalue weighted by molar-refractivity contribution is 0.104. The standard InChI is InChI=1S/C15H18O2/c1-17-14-9-7-13(8-10-14)15(16)11-12-5-3-2-4-6-12/h7-11H,2-6H2,1H3. The summed E-state index contributed by atoms with van der Waals surface area (Å²) < 4.78 is 5.07. The second-order valence-corrected chi connectivity index (χ2v) is 4.46. The minimum atomic E-state index is 0.115. The smallest absolute Gasteiger partial charge is 0.185 e. The van der Waals surface area contributed by atoms with Crippen LogP contribution in [0.15, 0.2) is 35.9 Å². The Morgan fingerprint density at radius 1 is 1.12 bits per heavy atom. The Kier molecular flexibility index (Phi) is 3.97. The van der Waals surface area contributed by atoms with Crippen molar-refractivity contribution in [1.82, 2.24) is 0 Å². The Bertz CT molecular complexity index is 407. The third-order valence-corrected chi connectivity index (χ3v) is 3.21. The molecular weight excluding hydrogens is 212 g/mol. The highest BCUT2D eigenvalue weighted by Gasteiger charge is 2.08. The van der Waals surface area contributed by atoms with E-state index in [9.17, 15) is 4.79 Å². The summed E-state index contributed by atoms with van der Waals surface area (Å²) in [7, 11) is 1.63. The lowest BCUT2D eigenvalue weighted by Gasteiger charge is -2.12. The molecule has 1 aliphatic carbocycles.